The highest BCUT2D eigenvalue weighted by molar-refractivity contribution is 5.98. The Kier molecular flexibility index (Phi) is 12.3. The van der Waals surface area contributed by atoms with Crippen LogP contribution in [0.2, 0.25) is 0 Å². The zero-order valence-electron chi connectivity index (χ0n) is 22.4. The van der Waals surface area contributed by atoms with E-state index in [9.17, 15) is 9.59 Å². The molecule has 0 radical (unpaired) electrons. The molecule has 0 aromatic carbocycles. The molecular weight excluding hydrogens is 442 g/mol. The van der Waals surface area contributed by atoms with Gasteiger partial charge in [-0.05, 0) is 18.8 Å². The van der Waals surface area contributed by atoms with E-state index in [4.69, 9.17) is 9.72 Å². The molecule has 8 heteroatoms. The van der Waals surface area contributed by atoms with E-state index in [2.05, 4.69) is 50.2 Å². The molecule has 1 amide bonds. The van der Waals surface area contributed by atoms with Gasteiger partial charge in [-0.15, -0.1) is 0 Å². The molecule has 2 atom stereocenters. The summed E-state index contributed by atoms with van der Waals surface area (Å²) < 4.78 is 5.16. The second-order valence-electron chi connectivity index (χ2n) is 11.1. The number of anilines is 1. The summed E-state index contributed by atoms with van der Waals surface area (Å²) in [7, 11) is 1.68. The molecule has 2 rings (SSSR count). The van der Waals surface area contributed by atoms with E-state index in [1.165, 1.54) is 0 Å². The van der Waals surface area contributed by atoms with Gasteiger partial charge in [-0.2, -0.15) is 0 Å². The summed E-state index contributed by atoms with van der Waals surface area (Å²) >= 11 is 0. The lowest BCUT2D eigenvalue weighted by molar-refractivity contribution is -0.126. The van der Waals surface area contributed by atoms with Gasteiger partial charge in [0.05, 0.1) is 0 Å². The van der Waals surface area contributed by atoms with E-state index < -0.39 is 0 Å². The third-order valence-corrected chi connectivity index (χ3v) is 6.07. The number of nitrogens with zero attached hydrogens (tertiary/aromatic N) is 3. The molecule has 35 heavy (non-hydrogen) atoms. The summed E-state index contributed by atoms with van der Waals surface area (Å²) in [6, 6.07) is -0.0556. The topological polar surface area (TPSA) is 96.4 Å². The van der Waals surface area contributed by atoms with E-state index in [-0.39, 0.29) is 48.3 Å². The van der Waals surface area contributed by atoms with Crippen molar-refractivity contribution < 1.29 is 14.3 Å². The minimum atomic E-state index is -0.236. The van der Waals surface area contributed by atoms with Crippen molar-refractivity contribution in [3.8, 4) is 0 Å². The Balaban J connectivity index is 0.00000612. The van der Waals surface area contributed by atoms with Gasteiger partial charge in [0.2, 0.25) is 0 Å². The van der Waals surface area contributed by atoms with E-state index in [0.717, 1.165) is 6.42 Å². The third kappa shape index (κ3) is 8.83. The maximum absolute atomic E-state index is 13.9. The van der Waals surface area contributed by atoms with E-state index >= 15 is 0 Å². The number of hydrogen-bond acceptors (Lipinski definition) is 7. The highest BCUT2D eigenvalue weighted by Crippen LogP contribution is 2.26. The maximum Gasteiger partial charge on any atom is 0.259 e. The quantitative estimate of drug-likeness (QED) is 0.449. The highest BCUT2D eigenvalue weighted by Gasteiger charge is 2.35. The number of nitrogens with one attached hydrogen (secondary N) is 2. The zero-order valence-corrected chi connectivity index (χ0v) is 22.4. The molecule has 1 aromatic rings. The summed E-state index contributed by atoms with van der Waals surface area (Å²) in [6.07, 6.45) is 3.15. The second kappa shape index (κ2) is 13.9. The number of Topliss-reactive ketones (excluding diaryl/α,β-unsaturated/α-hetero) is 1. The predicted molar refractivity (Wildman–Crippen MR) is 143 cm³/mol. The van der Waals surface area contributed by atoms with Crippen molar-refractivity contribution in [1.82, 2.24) is 20.2 Å². The van der Waals surface area contributed by atoms with Gasteiger partial charge in [0.15, 0.2) is 0 Å². The van der Waals surface area contributed by atoms with Crippen molar-refractivity contribution in [2.45, 2.75) is 80.2 Å². The summed E-state index contributed by atoms with van der Waals surface area (Å²) in [5, 5.41) is 6.74. The summed E-state index contributed by atoms with van der Waals surface area (Å²) in [5.74, 6) is 1.62. The molecule has 2 N–H and O–H groups in total. The molecule has 1 aliphatic heterocycles. The smallest absolute Gasteiger partial charge is 0.259 e. The molecular formula is C27H49N5O3. The Morgan fingerprint density at radius 1 is 1.23 bits per heavy atom. The van der Waals surface area contributed by atoms with Crippen LogP contribution in [0.1, 0.15) is 84.9 Å². The first kappa shape index (κ1) is 31.0. The van der Waals surface area contributed by atoms with Gasteiger partial charge in [0, 0.05) is 69.4 Å². The van der Waals surface area contributed by atoms with Crippen molar-refractivity contribution in [3.05, 3.63) is 17.6 Å². The normalized spacial score (nSPS) is 18.3. The van der Waals surface area contributed by atoms with Crippen LogP contribution in [0.25, 0.3) is 0 Å². The molecule has 2 heterocycles. The lowest BCUT2D eigenvalue weighted by Gasteiger charge is -2.39. The molecule has 200 valence electrons. The Bertz CT molecular complexity index is 820. The maximum atomic E-state index is 13.9. The third-order valence-electron chi connectivity index (χ3n) is 6.07. The fourth-order valence-corrected chi connectivity index (χ4v) is 4.25. The number of ketones is 1. The molecule has 0 bridgehead atoms. The van der Waals surface area contributed by atoms with Gasteiger partial charge in [-0.1, -0.05) is 55.9 Å². The Morgan fingerprint density at radius 3 is 2.49 bits per heavy atom. The van der Waals surface area contributed by atoms with Crippen molar-refractivity contribution >= 4 is 17.5 Å². The number of piperidine rings is 1. The summed E-state index contributed by atoms with van der Waals surface area (Å²) in [6.45, 7) is 17.5. The summed E-state index contributed by atoms with van der Waals surface area (Å²) in [4.78, 5) is 37.9. The highest BCUT2D eigenvalue weighted by atomic mass is 16.5. The number of rotatable bonds is 11. The Labute approximate surface area is 213 Å². The van der Waals surface area contributed by atoms with Gasteiger partial charge in [0.25, 0.3) is 5.91 Å². The molecule has 1 saturated heterocycles. The fraction of sp³-hybridized carbons (Fsp3) is 0.778. The summed E-state index contributed by atoms with van der Waals surface area (Å²) in [5.41, 5.74) is 0.239. The Hall–Kier alpha value is -2.06. The number of carbonyl (C=O) groups is 2. The van der Waals surface area contributed by atoms with Crippen LogP contribution in [-0.4, -0.2) is 72.5 Å². The van der Waals surface area contributed by atoms with E-state index in [1.807, 2.05) is 18.7 Å². The lowest BCUT2D eigenvalue weighted by Crippen LogP contribution is -2.54. The van der Waals surface area contributed by atoms with Crippen molar-refractivity contribution in [1.29, 1.82) is 0 Å². The molecule has 1 fully saturated rings. The molecule has 0 saturated carbocycles. The molecule has 0 unspecified atom stereocenters. The Morgan fingerprint density at radius 2 is 1.91 bits per heavy atom. The van der Waals surface area contributed by atoms with Crippen LogP contribution in [-0.2, 0) is 14.9 Å². The SMILES string of the molecule is C.COCCCNc1nc(C(C)(C)C)ncc1C(=O)N(CC(C)C)[C@@H]1CNC[C@H](C(=O)C(C)C)C1. The van der Waals surface area contributed by atoms with Gasteiger partial charge in [-0.25, -0.2) is 9.97 Å². The fourth-order valence-electron chi connectivity index (χ4n) is 4.25. The van der Waals surface area contributed by atoms with Crippen LogP contribution in [0, 0.1) is 17.8 Å². The van der Waals surface area contributed by atoms with Crippen LogP contribution < -0.4 is 10.6 Å². The first-order valence-corrected chi connectivity index (χ1v) is 12.6. The lowest BCUT2D eigenvalue weighted by atomic mass is 9.86. The number of amides is 1. The van der Waals surface area contributed by atoms with Crippen molar-refractivity contribution in [2.75, 3.05) is 45.2 Å². The standard InChI is InChI=1S/C26H45N5O3.CH4/c1-17(2)16-31(20-12-19(13-27-14-20)22(32)18(3)4)24(33)21-15-29-25(26(5,6)7)30-23(21)28-10-9-11-34-8;/h15,17-20,27H,9-14,16H2,1-8H3,(H,28,29,30);1H4/t19-,20+;/m1./s1. The zero-order chi connectivity index (χ0) is 25.5. The first-order valence-electron chi connectivity index (χ1n) is 12.6. The van der Waals surface area contributed by atoms with Gasteiger partial charge in [0.1, 0.15) is 23.0 Å². The average Bonchev–Trinajstić information content (AvgIpc) is 2.78. The van der Waals surface area contributed by atoms with Gasteiger partial charge >= 0.3 is 0 Å². The van der Waals surface area contributed by atoms with Crippen LogP contribution >= 0.6 is 0 Å². The van der Waals surface area contributed by atoms with E-state index in [0.29, 0.717) is 56.4 Å². The molecule has 1 aromatic heterocycles. The van der Waals surface area contributed by atoms with Crippen molar-refractivity contribution in [2.24, 2.45) is 17.8 Å². The number of methoxy groups -OCH3 is 1. The van der Waals surface area contributed by atoms with Crippen LogP contribution in [0.15, 0.2) is 6.20 Å². The number of aromatic nitrogens is 2. The second-order valence-corrected chi connectivity index (χ2v) is 11.1. The van der Waals surface area contributed by atoms with Crippen LogP contribution in [0.3, 0.4) is 0 Å². The molecule has 0 spiro atoms. The monoisotopic (exact) mass is 491 g/mol. The van der Waals surface area contributed by atoms with Gasteiger partial charge in [-0.3, -0.25) is 9.59 Å². The average molecular weight is 492 g/mol. The van der Waals surface area contributed by atoms with Crippen molar-refractivity contribution in [3.63, 3.8) is 0 Å². The number of ether oxygens (including phenoxy) is 1. The van der Waals surface area contributed by atoms with Crippen LogP contribution in [0.5, 0.6) is 0 Å². The van der Waals surface area contributed by atoms with Gasteiger partial charge < -0.3 is 20.3 Å². The largest absolute Gasteiger partial charge is 0.385 e. The van der Waals surface area contributed by atoms with E-state index in [1.54, 1.807) is 13.3 Å². The minimum Gasteiger partial charge on any atom is -0.385 e. The van der Waals surface area contributed by atoms with Crippen LogP contribution in [0.4, 0.5) is 5.82 Å². The minimum absolute atomic E-state index is 0. The molecule has 0 aliphatic carbocycles. The molecule has 1 aliphatic rings. The first-order chi connectivity index (χ1) is 16.0. The number of carbonyl (C=O) groups excluding carboxylic acids is 2. The molecule has 8 nitrogen and oxygen atoms in total. The predicted octanol–water partition coefficient (Wildman–Crippen LogP) is 4.16. The number of hydrogen-bond donors (Lipinski definition) is 2.